The van der Waals surface area contributed by atoms with Gasteiger partial charge < -0.3 is 14.9 Å². The molecule has 1 aliphatic heterocycles. The minimum absolute atomic E-state index is 0.198. The Morgan fingerprint density at radius 1 is 1.35 bits per heavy atom. The van der Waals surface area contributed by atoms with E-state index in [-0.39, 0.29) is 18.5 Å². The Balaban J connectivity index is 2.27. The Hall–Kier alpha value is -0.970. The molecule has 3 nitrogen and oxygen atoms in total. The van der Waals surface area contributed by atoms with Crippen LogP contribution in [0.15, 0.2) is 12.1 Å². The standard InChI is InChI=1S/C13H17FO3/c1-7-4-10(14)8(2)3-9(7)12-5-11(16)13(6-15)17-12/h3-4,11-13,15-16H,5-6H2,1-2H3/t11?,12-,13-/m1/s1. The zero-order chi connectivity index (χ0) is 12.6. The third-order valence-corrected chi connectivity index (χ3v) is 3.30. The molecule has 2 rings (SSSR count). The van der Waals surface area contributed by atoms with Gasteiger partial charge in [0.1, 0.15) is 11.9 Å². The highest BCUT2D eigenvalue weighted by molar-refractivity contribution is 5.34. The number of hydrogen-bond acceptors (Lipinski definition) is 3. The summed E-state index contributed by atoms with van der Waals surface area (Å²) in [5, 5.41) is 18.7. The minimum Gasteiger partial charge on any atom is -0.394 e. The zero-order valence-corrected chi connectivity index (χ0v) is 9.98. The molecule has 1 aromatic rings. The molecule has 1 aliphatic rings. The molecule has 0 aliphatic carbocycles. The Kier molecular flexibility index (Phi) is 3.47. The largest absolute Gasteiger partial charge is 0.394 e. The lowest BCUT2D eigenvalue weighted by Crippen LogP contribution is -2.24. The first kappa shape index (κ1) is 12.5. The predicted molar refractivity (Wildman–Crippen MR) is 61.2 cm³/mol. The molecule has 0 amide bonds. The van der Waals surface area contributed by atoms with Crippen molar-refractivity contribution in [3.05, 3.63) is 34.6 Å². The molecule has 0 bridgehead atoms. The Labute approximate surface area is 99.8 Å². The summed E-state index contributed by atoms with van der Waals surface area (Å²) in [7, 11) is 0. The van der Waals surface area contributed by atoms with Crippen LogP contribution >= 0.6 is 0 Å². The first-order chi connectivity index (χ1) is 8.02. The minimum atomic E-state index is -0.658. The molecule has 3 atom stereocenters. The maximum atomic E-state index is 13.3. The summed E-state index contributed by atoms with van der Waals surface area (Å²) in [6.45, 7) is 3.32. The van der Waals surface area contributed by atoms with Gasteiger partial charge in [-0.2, -0.15) is 0 Å². The molecule has 1 fully saturated rings. The van der Waals surface area contributed by atoms with Gasteiger partial charge in [0, 0.05) is 6.42 Å². The third kappa shape index (κ3) is 2.34. The van der Waals surface area contributed by atoms with Crippen LogP contribution in [0.4, 0.5) is 4.39 Å². The van der Waals surface area contributed by atoms with Crippen LogP contribution in [0.2, 0.25) is 0 Å². The van der Waals surface area contributed by atoms with E-state index >= 15 is 0 Å². The molecule has 4 heteroatoms. The second-order valence-electron chi connectivity index (χ2n) is 4.61. The molecule has 1 unspecified atom stereocenters. The van der Waals surface area contributed by atoms with Gasteiger partial charge in [-0.3, -0.25) is 0 Å². The van der Waals surface area contributed by atoms with E-state index in [0.29, 0.717) is 12.0 Å². The van der Waals surface area contributed by atoms with Crippen LogP contribution in [0.3, 0.4) is 0 Å². The quantitative estimate of drug-likeness (QED) is 0.826. The van der Waals surface area contributed by atoms with Crippen molar-refractivity contribution in [1.29, 1.82) is 0 Å². The second kappa shape index (κ2) is 4.72. The maximum absolute atomic E-state index is 13.3. The molecule has 0 saturated carbocycles. The van der Waals surface area contributed by atoms with Gasteiger partial charge in [-0.25, -0.2) is 4.39 Å². The fourth-order valence-corrected chi connectivity index (χ4v) is 2.24. The zero-order valence-electron chi connectivity index (χ0n) is 9.98. The highest BCUT2D eigenvalue weighted by Crippen LogP contribution is 2.35. The molecule has 0 spiro atoms. The average molecular weight is 240 g/mol. The molecule has 0 radical (unpaired) electrons. The van der Waals surface area contributed by atoms with Gasteiger partial charge in [-0.05, 0) is 36.6 Å². The molecule has 1 aromatic carbocycles. The first-order valence-corrected chi connectivity index (χ1v) is 5.74. The Morgan fingerprint density at radius 3 is 2.65 bits per heavy atom. The maximum Gasteiger partial charge on any atom is 0.126 e. The van der Waals surface area contributed by atoms with E-state index < -0.39 is 12.2 Å². The second-order valence-corrected chi connectivity index (χ2v) is 4.61. The lowest BCUT2D eigenvalue weighted by atomic mass is 9.98. The van der Waals surface area contributed by atoms with Crippen LogP contribution < -0.4 is 0 Å². The molecule has 1 saturated heterocycles. The number of aliphatic hydroxyl groups excluding tert-OH is 2. The van der Waals surface area contributed by atoms with Gasteiger partial charge in [0.05, 0.1) is 18.8 Å². The van der Waals surface area contributed by atoms with Crippen molar-refractivity contribution < 1.29 is 19.3 Å². The number of aliphatic hydroxyl groups is 2. The van der Waals surface area contributed by atoms with Gasteiger partial charge in [0.15, 0.2) is 0 Å². The van der Waals surface area contributed by atoms with Gasteiger partial charge in [0.25, 0.3) is 0 Å². The van der Waals surface area contributed by atoms with Crippen molar-refractivity contribution in [2.24, 2.45) is 0 Å². The van der Waals surface area contributed by atoms with Crippen LogP contribution in [-0.4, -0.2) is 29.0 Å². The fraction of sp³-hybridized carbons (Fsp3) is 0.538. The summed E-state index contributed by atoms with van der Waals surface area (Å²) < 4.78 is 18.9. The van der Waals surface area contributed by atoms with E-state index in [1.165, 1.54) is 6.07 Å². The van der Waals surface area contributed by atoms with E-state index in [4.69, 9.17) is 9.84 Å². The summed E-state index contributed by atoms with van der Waals surface area (Å²) >= 11 is 0. The Morgan fingerprint density at radius 2 is 2.06 bits per heavy atom. The first-order valence-electron chi connectivity index (χ1n) is 5.74. The van der Waals surface area contributed by atoms with Gasteiger partial charge in [-0.1, -0.05) is 6.07 Å². The van der Waals surface area contributed by atoms with Gasteiger partial charge in [0.2, 0.25) is 0 Å². The molecule has 0 aromatic heterocycles. The third-order valence-electron chi connectivity index (χ3n) is 3.30. The van der Waals surface area contributed by atoms with E-state index in [1.54, 1.807) is 13.0 Å². The van der Waals surface area contributed by atoms with Gasteiger partial charge in [-0.15, -0.1) is 0 Å². The van der Waals surface area contributed by atoms with E-state index in [2.05, 4.69) is 0 Å². The normalized spacial score (nSPS) is 28.6. The van der Waals surface area contributed by atoms with E-state index in [1.807, 2.05) is 6.92 Å². The lowest BCUT2D eigenvalue weighted by molar-refractivity contribution is -0.0227. The summed E-state index contributed by atoms with van der Waals surface area (Å²) in [6, 6.07) is 3.23. The number of ether oxygens (including phenoxy) is 1. The summed E-state index contributed by atoms with van der Waals surface area (Å²) in [6.07, 6.45) is -1.02. The summed E-state index contributed by atoms with van der Waals surface area (Å²) in [4.78, 5) is 0. The van der Waals surface area contributed by atoms with Gasteiger partial charge >= 0.3 is 0 Å². The van der Waals surface area contributed by atoms with Crippen molar-refractivity contribution in [3.63, 3.8) is 0 Å². The molecule has 2 N–H and O–H groups in total. The number of rotatable bonds is 2. The number of aryl methyl sites for hydroxylation is 2. The van der Waals surface area contributed by atoms with Crippen LogP contribution in [0.5, 0.6) is 0 Å². The number of halogens is 1. The molecule has 94 valence electrons. The van der Waals surface area contributed by atoms with Crippen molar-refractivity contribution in [1.82, 2.24) is 0 Å². The summed E-state index contributed by atoms with van der Waals surface area (Å²) in [5.74, 6) is -0.233. The van der Waals surface area contributed by atoms with Crippen LogP contribution in [0, 0.1) is 19.7 Å². The number of benzene rings is 1. The molecule has 17 heavy (non-hydrogen) atoms. The fourth-order valence-electron chi connectivity index (χ4n) is 2.24. The lowest BCUT2D eigenvalue weighted by Gasteiger charge is -2.15. The number of hydrogen-bond donors (Lipinski definition) is 2. The van der Waals surface area contributed by atoms with Crippen molar-refractivity contribution in [2.75, 3.05) is 6.61 Å². The van der Waals surface area contributed by atoms with E-state index in [0.717, 1.165) is 11.1 Å². The van der Waals surface area contributed by atoms with Crippen molar-refractivity contribution >= 4 is 0 Å². The Bertz CT molecular complexity index is 419. The van der Waals surface area contributed by atoms with Crippen molar-refractivity contribution in [3.8, 4) is 0 Å². The van der Waals surface area contributed by atoms with Crippen LogP contribution in [0.25, 0.3) is 0 Å². The highest BCUT2D eigenvalue weighted by Gasteiger charge is 2.34. The van der Waals surface area contributed by atoms with Crippen LogP contribution in [0.1, 0.15) is 29.2 Å². The highest BCUT2D eigenvalue weighted by atomic mass is 19.1. The average Bonchev–Trinajstić information content (AvgIpc) is 2.65. The predicted octanol–water partition coefficient (Wildman–Crippen LogP) is 1.63. The summed E-state index contributed by atoms with van der Waals surface area (Å²) in [5.41, 5.74) is 2.26. The van der Waals surface area contributed by atoms with E-state index in [9.17, 15) is 9.50 Å². The topological polar surface area (TPSA) is 49.7 Å². The SMILES string of the molecule is Cc1cc([C@H]2CC(O)[C@@H](CO)O2)c(C)cc1F. The van der Waals surface area contributed by atoms with Crippen molar-refractivity contribution in [2.45, 2.75) is 38.6 Å². The molecule has 1 heterocycles. The smallest absolute Gasteiger partial charge is 0.126 e. The van der Waals surface area contributed by atoms with Crippen LogP contribution in [-0.2, 0) is 4.74 Å². The monoisotopic (exact) mass is 240 g/mol. The molecular formula is C13H17FO3. The molecular weight excluding hydrogens is 223 g/mol.